The number of ether oxygens (including phenoxy) is 1. The summed E-state index contributed by atoms with van der Waals surface area (Å²) in [5, 5.41) is 5.57. The number of carbonyl (C=O) groups is 2. The number of hydrogen-bond donors (Lipinski definition) is 2. The van der Waals surface area contributed by atoms with Crippen molar-refractivity contribution in [2.45, 2.75) is 26.5 Å². The maximum absolute atomic E-state index is 12.5. The smallest absolute Gasteiger partial charge is 0.270 e. The highest BCUT2D eigenvalue weighted by Crippen LogP contribution is 2.18. The third-order valence-corrected chi connectivity index (χ3v) is 4.04. The van der Waals surface area contributed by atoms with E-state index in [1.807, 2.05) is 44.2 Å². The zero-order valence-electron chi connectivity index (χ0n) is 16.4. The van der Waals surface area contributed by atoms with Crippen molar-refractivity contribution in [3.05, 3.63) is 89.7 Å². The summed E-state index contributed by atoms with van der Waals surface area (Å²) in [5.41, 5.74) is 2.28. The fourth-order valence-electron chi connectivity index (χ4n) is 2.61. The summed E-state index contributed by atoms with van der Waals surface area (Å²) in [7, 11) is 0. The average molecular weight is 389 g/mol. The lowest BCUT2D eigenvalue weighted by atomic mass is 10.2. The van der Waals surface area contributed by atoms with Crippen molar-refractivity contribution in [2.75, 3.05) is 5.32 Å². The Morgan fingerprint density at radius 1 is 0.966 bits per heavy atom. The van der Waals surface area contributed by atoms with Crippen LogP contribution in [0.3, 0.4) is 0 Å². The topological polar surface area (TPSA) is 80.3 Å². The van der Waals surface area contributed by atoms with Gasteiger partial charge in [0.25, 0.3) is 11.8 Å². The van der Waals surface area contributed by atoms with Gasteiger partial charge in [0.15, 0.2) is 0 Å². The van der Waals surface area contributed by atoms with Gasteiger partial charge in [0.1, 0.15) is 18.1 Å². The summed E-state index contributed by atoms with van der Waals surface area (Å²) in [6, 6.07) is 20.1. The lowest BCUT2D eigenvalue weighted by molar-refractivity contribution is 0.0938. The molecule has 0 atom stereocenters. The van der Waals surface area contributed by atoms with Crippen LogP contribution in [0.4, 0.5) is 5.69 Å². The standard InChI is InChI=1S/C23H23N3O3/c1-16(2)25-23(28)21-14-18(12-13-24-21)22(27)26-19-8-10-20(11-9-19)29-15-17-6-4-3-5-7-17/h3-14,16H,15H2,1-2H3,(H,25,28)(H,26,27). The molecular formula is C23H23N3O3. The zero-order valence-corrected chi connectivity index (χ0v) is 16.4. The lowest BCUT2D eigenvalue weighted by Crippen LogP contribution is -2.31. The van der Waals surface area contributed by atoms with Crippen LogP contribution in [0.5, 0.6) is 5.75 Å². The second kappa shape index (κ2) is 9.50. The molecule has 2 amide bonds. The van der Waals surface area contributed by atoms with Crippen molar-refractivity contribution in [3.8, 4) is 5.75 Å². The molecule has 0 saturated carbocycles. The molecule has 2 N–H and O–H groups in total. The maximum Gasteiger partial charge on any atom is 0.270 e. The van der Waals surface area contributed by atoms with Gasteiger partial charge >= 0.3 is 0 Å². The van der Waals surface area contributed by atoms with E-state index in [9.17, 15) is 9.59 Å². The van der Waals surface area contributed by atoms with Crippen LogP contribution in [0.15, 0.2) is 72.9 Å². The highest BCUT2D eigenvalue weighted by molar-refractivity contribution is 6.05. The van der Waals surface area contributed by atoms with Gasteiger partial charge in [-0.25, -0.2) is 0 Å². The van der Waals surface area contributed by atoms with Crippen molar-refractivity contribution in [3.63, 3.8) is 0 Å². The molecule has 148 valence electrons. The SMILES string of the molecule is CC(C)NC(=O)c1cc(C(=O)Nc2ccc(OCc3ccccc3)cc2)ccn1. The van der Waals surface area contributed by atoms with Crippen molar-refractivity contribution in [1.29, 1.82) is 0 Å². The van der Waals surface area contributed by atoms with E-state index in [1.165, 1.54) is 12.3 Å². The Hall–Kier alpha value is -3.67. The second-order valence-electron chi connectivity index (χ2n) is 6.81. The van der Waals surface area contributed by atoms with Crippen molar-refractivity contribution in [2.24, 2.45) is 0 Å². The Morgan fingerprint density at radius 2 is 1.69 bits per heavy atom. The van der Waals surface area contributed by atoms with Crippen LogP contribution in [-0.4, -0.2) is 22.8 Å². The number of nitrogens with one attached hydrogen (secondary N) is 2. The van der Waals surface area contributed by atoms with Gasteiger partial charge in [-0.2, -0.15) is 0 Å². The van der Waals surface area contributed by atoms with E-state index < -0.39 is 0 Å². The van der Waals surface area contributed by atoms with Gasteiger partial charge in [-0.1, -0.05) is 30.3 Å². The monoisotopic (exact) mass is 389 g/mol. The summed E-state index contributed by atoms with van der Waals surface area (Å²) in [5.74, 6) is 0.0851. The Morgan fingerprint density at radius 3 is 2.38 bits per heavy atom. The molecule has 6 nitrogen and oxygen atoms in total. The highest BCUT2D eigenvalue weighted by Gasteiger charge is 2.13. The molecule has 0 radical (unpaired) electrons. The minimum absolute atomic E-state index is 0.00981. The fourth-order valence-corrected chi connectivity index (χ4v) is 2.61. The van der Waals surface area contributed by atoms with Gasteiger partial charge in [0, 0.05) is 23.5 Å². The van der Waals surface area contributed by atoms with Crippen LogP contribution < -0.4 is 15.4 Å². The van der Waals surface area contributed by atoms with E-state index in [2.05, 4.69) is 15.6 Å². The van der Waals surface area contributed by atoms with Crippen LogP contribution in [0.2, 0.25) is 0 Å². The first-order valence-corrected chi connectivity index (χ1v) is 9.36. The number of hydrogen-bond acceptors (Lipinski definition) is 4. The van der Waals surface area contributed by atoms with E-state index in [0.717, 1.165) is 5.56 Å². The molecule has 2 aromatic carbocycles. The van der Waals surface area contributed by atoms with Crippen LogP contribution in [-0.2, 0) is 6.61 Å². The summed E-state index contributed by atoms with van der Waals surface area (Å²) >= 11 is 0. The molecule has 0 spiro atoms. The van der Waals surface area contributed by atoms with E-state index in [0.29, 0.717) is 23.6 Å². The quantitative estimate of drug-likeness (QED) is 0.639. The predicted octanol–water partition coefficient (Wildman–Crippen LogP) is 4.05. The number of pyridine rings is 1. The minimum atomic E-state index is -0.316. The van der Waals surface area contributed by atoms with Gasteiger partial charge in [-0.15, -0.1) is 0 Å². The molecule has 3 rings (SSSR count). The van der Waals surface area contributed by atoms with Gasteiger partial charge < -0.3 is 15.4 Å². The van der Waals surface area contributed by atoms with Gasteiger partial charge in [0.2, 0.25) is 0 Å². The van der Waals surface area contributed by atoms with Crippen LogP contribution in [0, 0.1) is 0 Å². The Kier molecular flexibility index (Phi) is 6.58. The normalized spacial score (nSPS) is 10.4. The first-order chi connectivity index (χ1) is 14.0. The van der Waals surface area contributed by atoms with Crippen molar-refractivity contribution in [1.82, 2.24) is 10.3 Å². The largest absolute Gasteiger partial charge is 0.489 e. The third kappa shape index (κ3) is 5.90. The zero-order chi connectivity index (χ0) is 20.6. The molecule has 1 aromatic heterocycles. The number of nitrogens with zero attached hydrogens (tertiary/aromatic N) is 1. The van der Waals surface area contributed by atoms with Crippen molar-refractivity contribution < 1.29 is 14.3 Å². The molecule has 6 heteroatoms. The predicted molar refractivity (Wildman–Crippen MR) is 112 cm³/mol. The van der Waals surface area contributed by atoms with E-state index in [4.69, 9.17) is 4.74 Å². The van der Waals surface area contributed by atoms with Crippen LogP contribution in [0.1, 0.15) is 40.3 Å². The summed E-state index contributed by atoms with van der Waals surface area (Å²) in [4.78, 5) is 28.6. The second-order valence-corrected chi connectivity index (χ2v) is 6.81. The summed E-state index contributed by atoms with van der Waals surface area (Å²) < 4.78 is 5.74. The number of benzene rings is 2. The fraction of sp³-hybridized carbons (Fsp3) is 0.174. The average Bonchev–Trinajstić information content (AvgIpc) is 2.73. The first-order valence-electron chi connectivity index (χ1n) is 9.36. The molecular weight excluding hydrogens is 366 g/mol. The number of amides is 2. The molecule has 0 fully saturated rings. The molecule has 0 aliphatic rings. The number of anilines is 1. The van der Waals surface area contributed by atoms with Crippen LogP contribution >= 0.6 is 0 Å². The van der Waals surface area contributed by atoms with E-state index in [-0.39, 0.29) is 23.6 Å². The Balaban J connectivity index is 1.60. The minimum Gasteiger partial charge on any atom is -0.489 e. The number of carbonyl (C=O) groups excluding carboxylic acids is 2. The highest BCUT2D eigenvalue weighted by atomic mass is 16.5. The molecule has 0 saturated heterocycles. The summed E-state index contributed by atoms with van der Waals surface area (Å²) in [6.45, 7) is 4.20. The third-order valence-electron chi connectivity index (χ3n) is 4.04. The van der Waals surface area contributed by atoms with Gasteiger partial charge in [-0.3, -0.25) is 14.6 Å². The van der Waals surface area contributed by atoms with Gasteiger partial charge in [0.05, 0.1) is 0 Å². The molecule has 29 heavy (non-hydrogen) atoms. The Labute approximate surface area is 169 Å². The van der Waals surface area contributed by atoms with E-state index in [1.54, 1.807) is 30.3 Å². The molecule has 1 heterocycles. The number of rotatable bonds is 7. The molecule has 0 bridgehead atoms. The molecule has 0 aliphatic carbocycles. The first kappa shape index (κ1) is 20.1. The molecule has 0 aliphatic heterocycles. The lowest BCUT2D eigenvalue weighted by Gasteiger charge is -2.10. The summed E-state index contributed by atoms with van der Waals surface area (Å²) in [6.07, 6.45) is 1.45. The van der Waals surface area contributed by atoms with Crippen molar-refractivity contribution >= 4 is 17.5 Å². The van der Waals surface area contributed by atoms with E-state index >= 15 is 0 Å². The number of aromatic nitrogens is 1. The van der Waals surface area contributed by atoms with Gasteiger partial charge in [-0.05, 0) is 55.8 Å². The maximum atomic E-state index is 12.5. The molecule has 3 aromatic rings. The Bertz CT molecular complexity index is 970. The molecule has 0 unspecified atom stereocenters. The van der Waals surface area contributed by atoms with Crippen LogP contribution in [0.25, 0.3) is 0 Å².